The highest BCUT2D eigenvalue weighted by atomic mass is 16.5. The highest BCUT2D eigenvalue weighted by Gasteiger charge is 2.32. The summed E-state index contributed by atoms with van der Waals surface area (Å²) >= 11 is 0. The maximum atomic E-state index is 12.8. The van der Waals surface area contributed by atoms with Crippen molar-refractivity contribution in [3.05, 3.63) is 30.3 Å². The minimum absolute atomic E-state index is 0.00291. The summed E-state index contributed by atoms with van der Waals surface area (Å²) in [6.45, 7) is 5.27. The highest BCUT2D eigenvalue weighted by Crippen LogP contribution is 2.31. The van der Waals surface area contributed by atoms with Gasteiger partial charge in [0, 0.05) is 32.1 Å². The smallest absolute Gasteiger partial charge is 0.260 e. The molecule has 1 aliphatic heterocycles. The quantitative estimate of drug-likeness (QED) is 0.718. The first kappa shape index (κ1) is 18.7. The number of rotatable bonds is 8. The molecule has 1 saturated heterocycles. The first-order chi connectivity index (χ1) is 12.7. The van der Waals surface area contributed by atoms with Crippen LogP contribution in [0.3, 0.4) is 0 Å². The number of ether oxygens (including phenoxy) is 1. The number of piperidine rings is 1. The van der Waals surface area contributed by atoms with Crippen LogP contribution >= 0.6 is 0 Å². The van der Waals surface area contributed by atoms with E-state index in [0.717, 1.165) is 38.3 Å². The largest absolute Gasteiger partial charge is 0.484 e. The number of nitrogens with zero attached hydrogens (tertiary/aromatic N) is 2. The number of carbonyl (C=O) groups excluding carboxylic acids is 2. The Morgan fingerprint density at radius 2 is 1.81 bits per heavy atom. The summed E-state index contributed by atoms with van der Waals surface area (Å²) in [5.74, 6) is 1.80. The maximum Gasteiger partial charge on any atom is 0.260 e. The first-order valence-corrected chi connectivity index (χ1v) is 9.91. The highest BCUT2D eigenvalue weighted by molar-refractivity contribution is 5.80. The molecule has 3 rings (SSSR count). The summed E-state index contributed by atoms with van der Waals surface area (Å²) in [7, 11) is 0. The van der Waals surface area contributed by atoms with Crippen molar-refractivity contribution in [2.45, 2.75) is 39.0 Å². The van der Waals surface area contributed by atoms with Crippen LogP contribution in [0.4, 0.5) is 0 Å². The SMILES string of the molecule is CCCN(CC1CC1)C(=O)C1CCN(C(=O)COc2ccccc2)CC1. The first-order valence-electron chi connectivity index (χ1n) is 9.91. The monoisotopic (exact) mass is 358 g/mol. The summed E-state index contributed by atoms with van der Waals surface area (Å²) in [5, 5.41) is 0. The van der Waals surface area contributed by atoms with Gasteiger partial charge in [-0.25, -0.2) is 0 Å². The second-order valence-corrected chi connectivity index (χ2v) is 7.48. The van der Waals surface area contributed by atoms with E-state index in [1.807, 2.05) is 35.2 Å². The molecule has 1 aromatic rings. The fraction of sp³-hybridized carbons (Fsp3) is 0.619. The molecular weight excluding hydrogens is 328 g/mol. The molecule has 0 radical (unpaired) electrons. The average Bonchev–Trinajstić information content (AvgIpc) is 3.50. The molecule has 0 atom stereocenters. The summed E-state index contributed by atoms with van der Waals surface area (Å²) in [4.78, 5) is 29.1. The van der Waals surface area contributed by atoms with Crippen molar-refractivity contribution in [1.82, 2.24) is 9.80 Å². The lowest BCUT2D eigenvalue weighted by Gasteiger charge is -2.34. The van der Waals surface area contributed by atoms with E-state index in [0.29, 0.717) is 24.7 Å². The summed E-state index contributed by atoms with van der Waals surface area (Å²) < 4.78 is 5.55. The zero-order valence-electron chi connectivity index (χ0n) is 15.7. The molecule has 1 aromatic carbocycles. The van der Waals surface area contributed by atoms with Gasteiger partial charge in [-0.15, -0.1) is 0 Å². The van der Waals surface area contributed by atoms with Crippen molar-refractivity contribution in [3.8, 4) is 5.75 Å². The van der Waals surface area contributed by atoms with Crippen molar-refractivity contribution in [1.29, 1.82) is 0 Å². The van der Waals surface area contributed by atoms with E-state index in [-0.39, 0.29) is 18.4 Å². The van der Waals surface area contributed by atoms with E-state index in [1.54, 1.807) is 0 Å². The predicted octanol–water partition coefficient (Wildman–Crippen LogP) is 2.95. The van der Waals surface area contributed by atoms with Crippen LogP contribution in [-0.2, 0) is 9.59 Å². The van der Waals surface area contributed by atoms with E-state index in [1.165, 1.54) is 12.8 Å². The minimum Gasteiger partial charge on any atom is -0.484 e. The Bertz CT molecular complexity index is 593. The number of para-hydroxylation sites is 1. The van der Waals surface area contributed by atoms with Crippen molar-refractivity contribution < 1.29 is 14.3 Å². The van der Waals surface area contributed by atoms with Gasteiger partial charge in [0.05, 0.1) is 0 Å². The molecule has 0 N–H and O–H groups in total. The lowest BCUT2D eigenvalue weighted by atomic mass is 9.95. The Kier molecular flexibility index (Phi) is 6.53. The van der Waals surface area contributed by atoms with E-state index in [9.17, 15) is 9.59 Å². The Hall–Kier alpha value is -2.04. The molecule has 1 heterocycles. The van der Waals surface area contributed by atoms with Crippen molar-refractivity contribution in [2.24, 2.45) is 11.8 Å². The summed E-state index contributed by atoms with van der Waals surface area (Å²) in [6.07, 6.45) is 5.07. The van der Waals surface area contributed by atoms with Crippen LogP contribution in [0, 0.1) is 11.8 Å². The number of amides is 2. The molecule has 2 amide bonds. The maximum absolute atomic E-state index is 12.8. The lowest BCUT2D eigenvalue weighted by molar-refractivity contribution is -0.141. The molecule has 2 aliphatic rings. The van der Waals surface area contributed by atoms with Crippen LogP contribution in [0.5, 0.6) is 5.75 Å². The Morgan fingerprint density at radius 3 is 2.42 bits per heavy atom. The van der Waals surface area contributed by atoms with Gasteiger partial charge in [-0.05, 0) is 50.2 Å². The normalized spacial score (nSPS) is 17.8. The second kappa shape index (κ2) is 9.06. The third-order valence-corrected chi connectivity index (χ3v) is 5.28. The molecule has 142 valence electrons. The van der Waals surface area contributed by atoms with E-state index < -0.39 is 0 Å². The average molecular weight is 358 g/mol. The Balaban J connectivity index is 1.43. The van der Waals surface area contributed by atoms with Gasteiger partial charge in [0.2, 0.25) is 5.91 Å². The molecule has 2 fully saturated rings. The number of likely N-dealkylation sites (tertiary alicyclic amines) is 1. The van der Waals surface area contributed by atoms with Crippen molar-refractivity contribution in [3.63, 3.8) is 0 Å². The van der Waals surface area contributed by atoms with Gasteiger partial charge < -0.3 is 14.5 Å². The molecular formula is C21H30N2O3. The number of hydrogen-bond acceptors (Lipinski definition) is 3. The van der Waals surface area contributed by atoms with E-state index in [2.05, 4.69) is 11.8 Å². The summed E-state index contributed by atoms with van der Waals surface area (Å²) in [6, 6.07) is 9.39. The van der Waals surface area contributed by atoms with Crippen molar-refractivity contribution in [2.75, 3.05) is 32.8 Å². The fourth-order valence-electron chi connectivity index (χ4n) is 3.56. The van der Waals surface area contributed by atoms with E-state index >= 15 is 0 Å². The fourth-order valence-corrected chi connectivity index (χ4v) is 3.56. The predicted molar refractivity (Wildman–Crippen MR) is 101 cm³/mol. The zero-order chi connectivity index (χ0) is 18.4. The van der Waals surface area contributed by atoms with Crippen LogP contribution < -0.4 is 4.74 Å². The zero-order valence-corrected chi connectivity index (χ0v) is 15.7. The number of benzene rings is 1. The molecule has 0 bridgehead atoms. The topological polar surface area (TPSA) is 49.9 Å². The molecule has 26 heavy (non-hydrogen) atoms. The standard InChI is InChI=1S/C21H30N2O3/c1-2-12-23(15-17-8-9-17)21(25)18-10-13-22(14-11-18)20(24)16-26-19-6-4-3-5-7-19/h3-7,17-18H,2,8-16H2,1H3. The van der Waals surface area contributed by atoms with Gasteiger partial charge in [0.15, 0.2) is 6.61 Å². The van der Waals surface area contributed by atoms with Gasteiger partial charge in [-0.1, -0.05) is 25.1 Å². The van der Waals surface area contributed by atoms with Gasteiger partial charge >= 0.3 is 0 Å². The van der Waals surface area contributed by atoms with Crippen LogP contribution in [0.15, 0.2) is 30.3 Å². The van der Waals surface area contributed by atoms with Crippen LogP contribution in [0.25, 0.3) is 0 Å². The molecule has 1 saturated carbocycles. The second-order valence-electron chi connectivity index (χ2n) is 7.48. The lowest BCUT2D eigenvalue weighted by Crippen LogP contribution is -2.46. The van der Waals surface area contributed by atoms with Crippen molar-refractivity contribution >= 4 is 11.8 Å². The molecule has 0 spiro atoms. The Morgan fingerprint density at radius 1 is 1.12 bits per heavy atom. The van der Waals surface area contributed by atoms with Crippen LogP contribution in [-0.4, -0.2) is 54.4 Å². The van der Waals surface area contributed by atoms with Gasteiger partial charge in [0.25, 0.3) is 5.91 Å². The molecule has 1 aliphatic carbocycles. The van der Waals surface area contributed by atoms with Gasteiger partial charge in [-0.3, -0.25) is 9.59 Å². The number of carbonyl (C=O) groups is 2. The third-order valence-electron chi connectivity index (χ3n) is 5.28. The molecule has 0 unspecified atom stereocenters. The van der Waals surface area contributed by atoms with Gasteiger partial charge in [-0.2, -0.15) is 0 Å². The van der Waals surface area contributed by atoms with Gasteiger partial charge in [0.1, 0.15) is 5.75 Å². The number of hydrogen-bond donors (Lipinski definition) is 0. The van der Waals surface area contributed by atoms with Crippen LogP contribution in [0.2, 0.25) is 0 Å². The van der Waals surface area contributed by atoms with E-state index in [4.69, 9.17) is 4.74 Å². The Labute approximate surface area is 156 Å². The molecule has 5 heteroatoms. The molecule has 0 aromatic heterocycles. The summed E-state index contributed by atoms with van der Waals surface area (Å²) in [5.41, 5.74) is 0. The third kappa shape index (κ3) is 5.23. The molecule has 5 nitrogen and oxygen atoms in total. The minimum atomic E-state index is 0.00291. The van der Waals surface area contributed by atoms with Crippen LogP contribution in [0.1, 0.15) is 39.0 Å².